The van der Waals surface area contributed by atoms with Crippen LogP contribution >= 0.6 is 0 Å². The molecule has 0 aromatic rings. The fourth-order valence-electron chi connectivity index (χ4n) is 1.05. The molecule has 1 atom stereocenters. The van der Waals surface area contributed by atoms with Crippen LogP contribution in [0.4, 0.5) is 0 Å². The summed E-state index contributed by atoms with van der Waals surface area (Å²) in [6, 6.07) is 0. The van der Waals surface area contributed by atoms with Gasteiger partial charge in [-0.05, 0) is 5.41 Å². The zero-order valence-electron chi connectivity index (χ0n) is 7.72. The van der Waals surface area contributed by atoms with Gasteiger partial charge in [0, 0.05) is 6.42 Å². The lowest BCUT2D eigenvalue weighted by Crippen LogP contribution is -2.17. The summed E-state index contributed by atoms with van der Waals surface area (Å²) < 4.78 is 10.4. The summed E-state index contributed by atoms with van der Waals surface area (Å²) in [4.78, 5) is 10.2. The summed E-state index contributed by atoms with van der Waals surface area (Å²) in [7, 11) is 0. The highest BCUT2D eigenvalue weighted by molar-refractivity contribution is 5.50. The van der Waals surface area contributed by atoms with Crippen molar-refractivity contribution in [2.45, 2.75) is 33.5 Å². The fraction of sp³-hybridized carbons (Fsp3) is 0.778. The lowest BCUT2D eigenvalue weighted by atomic mass is 9.92. The van der Waals surface area contributed by atoms with Gasteiger partial charge in [-0.1, -0.05) is 20.8 Å². The Morgan fingerprint density at radius 2 is 2.25 bits per heavy atom. The molecule has 0 saturated carbocycles. The molecule has 0 aromatic carbocycles. The van der Waals surface area contributed by atoms with Crippen LogP contribution in [0.3, 0.4) is 0 Å². The normalized spacial score (nSPS) is 23.6. The van der Waals surface area contributed by atoms with Gasteiger partial charge in [0.1, 0.15) is 6.61 Å². The van der Waals surface area contributed by atoms with Crippen molar-refractivity contribution < 1.29 is 14.3 Å². The van der Waals surface area contributed by atoms with Crippen molar-refractivity contribution in [2.75, 3.05) is 6.61 Å². The van der Waals surface area contributed by atoms with Gasteiger partial charge in [-0.2, -0.15) is 0 Å². The van der Waals surface area contributed by atoms with Crippen LogP contribution in [0.15, 0.2) is 5.76 Å². The van der Waals surface area contributed by atoms with Gasteiger partial charge < -0.3 is 9.47 Å². The Kier molecular flexibility index (Phi) is 2.55. The molecule has 0 N–H and O–H groups in total. The van der Waals surface area contributed by atoms with Crippen LogP contribution in [0.25, 0.3) is 0 Å². The molecule has 3 nitrogen and oxygen atoms in total. The predicted octanol–water partition coefficient (Wildman–Crippen LogP) is 1.51. The number of hydrogen-bond donors (Lipinski definition) is 0. The van der Waals surface area contributed by atoms with Crippen LogP contribution < -0.4 is 0 Å². The standard InChI is InChI=1S/C9H14O3/c1-9(2,3)4-8-11-6-7(5-10)12-8/h8H,4,6H2,1-3H3. The summed E-state index contributed by atoms with van der Waals surface area (Å²) in [5.41, 5.74) is 0.156. The first kappa shape index (κ1) is 9.30. The van der Waals surface area contributed by atoms with E-state index in [4.69, 9.17) is 9.47 Å². The molecule has 0 amide bonds. The van der Waals surface area contributed by atoms with E-state index in [0.29, 0.717) is 0 Å². The van der Waals surface area contributed by atoms with E-state index in [-0.39, 0.29) is 24.1 Å². The van der Waals surface area contributed by atoms with Gasteiger partial charge >= 0.3 is 0 Å². The highest BCUT2D eigenvalue weighted by Gasteiger charge is 2.26. The first-order chi connectivity index (χ1) is 5.51. The minimum Gasteiger partial charge on any atom is -0.455 e. The Labute approximate surface area is 72.4 Å². The maximum absolute atomic E-state index is 10.2. The van der Waals surface area contributed by atoms with E-state index in [1.807, 2.05) is 0 Å². The first-order valence-corrected chi connectivity index (χ1v) is 4.03. The van der Waals surface area contributed by atoms with Crippen LogP contribution in [0.2, 0.25) is 0 Å². The van der Waals surface area contributed by atoms with E-state index < -0.39 is 0 Å². The molecule has 0 aliphatic carbocycles. The molecule has 1 unspecified atom stereocenters. The Morgan fingerprint density at radius 1 is 1.58 bits per heavy atom. The molecule has 3 heteroatoms. The third-order valence-corrected chi connectivity index (χ3v) is 1.57. The minimum atomic E-state index is -0.263. The van der Waals surface area contributed by atoms with E-state index in [1.54, 1.807) is 5.94 Å². The van der Waals surface area contributed by atoms with Gasteiger partial charge in [0.15, 0.2) is 5.94 Å². The second-order valence-corrected chi connectivity index (χ2v) is 4.15. The average Bonchev–Trinajstić information content (AvgIpc) is 2.32. The van der Waals surface area contributed by atoms with Gasteiger partial charge in [0.2, 0.25) is 12.0 Å². The van der Waals surface area contributed by atoms with Crippen molar-refractivity contribution in [3.8, 4) is 0 Å². The van der Waals surface area contributed by atoms with Gasteiger partial charge in [0.25, 0.3) is 0 Å². The molecule has 1 heterocycles. The topological polar surface area (TPSA) is 35.5 Å². The van der Waals surface area contributed by atoms with Gasteiger partial charge in [-0.15, -0.1) is 0 Å². The Bertz CT molecular complexity index is 208. The lowest BCUT2D eigenvalue weighted by molar-refractivity contribution is -0.0562. The number of rotatable bonds is 1. The van der Waals surface area contributed by atoms with Crippen LogP contribution in [0, 0.1) is 5.41 Å². The van der Waals surface area contributed by atoms with Crippen LogP contribution in [0.1, 0.15) is 27.2 Å². The highest BCUT2D eigenvalue weighted by atomic mass is 16.7. The molecule has 1 saturated heterocycles. The monoisotopic (exact) mass is 170 g/mol. The number of ether oxygens (including phenoxy) is 2. The van der Waals surface area contributed by atoms with Crippen molar-refractivity contribution in [1.82, 2.24) is 0 Å². The molecule has 1 aliphatic rings. The molecule has 12 heavy (non-hydrogen) atoms. The van der Waals surface area contributed by atoms with E-state index in [9.17, 15) is 4.79 Å². The molecular weight excluding hydrogens is 156 g/mol. The molecule has 1 aliphatic heterocycles. The molecule has 0 spiro atoms. The molecule has 0 aromatic heterocycles. The average molecular weight is 170 g/mol. The Balaban J connectivity index is 2.43. The van der Waals surface area contributed by atoms with Crippen LogP contribution in [-0.4, -0.2) is 18.8 Å². The van der Waals surface area contributed by atoms with Crippen LogP contribution in [-0.2, 0) is 14.3 Å². The van der Waals surface area contributed by atoms with Gasteiger partial charge in [-0.25, -0.2) is 4.79 Å². The number of carbonyl (C=O) groups excluding carboxylic acids is 1. The van der Waals surface area contributed by atoms with E-state index in [1.165, 1.54) is 0 Å². The third-order valence-electron chi connectivity index (χ3n) is 1.57. The van der Waals surface area contributed by atoms with Gasteiger partial charge in [-0.3, -0.25) is 0 Å². The number of hydrogen-bond acceptors (Lipinski definition) is 3. The lowest BCUT2D eigenvalue weighted by Gasteiger charge is -2.20. The summed E-state index contributed by atoms with van der Waals surface area (Å²) in [6.45, 7) is 6.57. The molecule has 68 valence electrons. The smallest absolute Gasteiger partial charge is 0.208 e. The maximum atomic E-state index is 10.2. The predicted molar refractivity (Wildman–Crippen MR) is 44.1 cm³/mol. The van der Waals surface area contributed by atoms with Crippen LogP contribution in [0.5, 0.6) is 0 Å². The zero-order chi connectivity index (χ0) is 9.19. The molecule has 0 radical (unpaired) electrons. The maximum Gasteiger partial charge on any atom is 0.208 e. The Hall–Kier alpha value is -0.790. The first-order valence-electron chi connectivity index (χ1n) is 4.03. The second-order valence-electron chi connectivity index (χ2n) is 4.15. The van der Waals surface area contributed by atoms with E-state index in [0.717, 1.165) is 6.42 Å². The summed E-state index contributed by atoms with van der Waals surface area (Å²) in [5, 5.41) is 0. The van der Waals surface area contributed by atoms with Crippen molar-refractivity contribution in [2.24, 2.45) is 5.41 Å². The highest BCUT2D eigenvalue weighted by Crippen LogP contribution is 2.26. The summed E-state index contributed by atoms with van der Waals surface area (Å²) >= 11 is 0. The van der Waals surface area contributed by atoms with E-state index >= 15 is 0 Å². The van der Waals surface area contributed by atoms with Crippen molar-refractivity contribution in [1.29, 1.82) is 0 Å². The quantitative estimate of drug-likeness (QED) is 0.559. The minimum absolute atomic E-state index is 0.156. The molecular formula is C9H14O3. The summed E-state index contributed by atoms with van der Waals surface area (Å²) in [6.07, 6.45) is 0.527. The molecule has 0 bridgehead atoms. The van der Waals surface area contributed by atoms with Gasteiger partial charge in [0.05, 0.1) is 0 Å². The van der Waals surface area contributed by atoms with E-state index in [2.05, 4.69) is 20.8 Å². The van der Waals surface area contributed by atoms with Crippen molar-refractivity contribution in [3.05, 3.63) is 5.76 Å². The summed E-state index contributed by atoms with van der Waals surface area (Å²) in [5.74, 6) is 1.98. The SMILES string of the molecule is CC(C)(C)CC1OCC(=C=O)O1. The Morgan fingerprint density at radius 3 is 2.67 bits per heavy atom. The molecule has 1 rings (SSSR count). The fourth-order valence-corrected chi connectivity index (χ4v) is 1.05. The second kappa shape index (κ2) is 3.30. The largest absolute Gasteiger partial charge is 0.455 e. The third kappa shape index (κ3) is 2.68. The zero-order valence-corrected chi connectivity index (χ0v) is 7.72. The van der Waals surface area contributed by atoms with Crippen molar-refractivity contribution in [3.63, 3.8) is 0 Å². The van der Waals surface area contributed by atoms with Crippen molar-refractivity contribution >= 4 is 5.94 Å². The molecule has 1 fully saturated rings.